The highest BCUT2D eigenvalue weighted by atomic mass is 16.5. The van der Waals surface area contributed by atoms with Crippen molar-refractivity contribution in [2.45, 2.75) is 72.6 Å². The minimum Gasteiger partial charge on any atom is -0.469 e. The fourth-order valence-corrected chi connectivity index (χ4v) is 6.06. The van der Waals surface area contributed by atoms with Crippen molar-refractivity contribution in [3.8, 4) is 0 Å². The Morgan fingerprint density at radius 1 is 1.00 bits per heavy atom. The quantitative estimate of drug-likeness (QED) is 0.334. The molecular weight excluding hydrogens is 484 g/mol. The van der Waals surface area contributed by atoms with Crippen LogP contribution in [0.2, 0.25) is 0 Å². The maximum absolute atomic E-state index is 12.1. The SMILES string of the molecule is C=Cc1c(C)c2cc3nc(c(C)c4nc(cc5[nH]c(cc1[nH]2)c(C)c5CC)C(C)=C4)C(CCC(=O)OC)C3C. The molecule has 6 heteroatoms. The van der Waals surface area contributed by atoms with E-state index in [0.29, 0.717) is 12.8 Å². The Kier molecular flexibility index (Phi) is 7.06. The molecule has 0 aromatic carbocycles. The van der Waals surface area contributed by atoms with Gasteiger partial charge in [-0.1, -0.05) is 26.5 Å². The van der Waals surface area contributed by atoms with Crippen LogP contribution < -0.4 is 0 Å². The number of hydrogen-bond donors (Lipinski definition) is 2. The number of hydrogen-bond acceptors (Lipinski definition) is 4. The summed E-state index contributed by atoms with van der Waals surface area (Å²) in [7, 11) is 1.44. The molecule has 0 spiro atoms. The molecule has 2 N–H and O–H groups in total. The van der Waals surface area contributed by atoms with Crippen LogP contribution in [0.3, 0.4) is 0 Å². The van der Waals surface area contributed by atoms with E-state index < -0.39 is 0 Å². The fraction of sp³-hybridized carbons (Fsp3) is 0.364. The van der Waals surface area contributed by atoms with E-state index in [4.69, 9.17) is 14.7 Å². The van der Waals surface area contributed by atoms with E-state index in [0.717, 1.165) is 73.5 Å². The third kappa shape index (κ3) is 4.62. The fourth-order valence-electron chi connectivity index (χ4n) is 6.06. The van der Waals surface area contributed by atoms with Crippen molar-refractivity contribution in [1.29, 1.82) is 0 Å². The highest BCUT2D eigenvalue weighted by Gasteiger charge is 2.31. The van der Waals surface area contributed by atoms with Crippen LogP contribution in [0.4, 0.5) is 0 Å². The average molecular weight is 523 g/mol. The highest BCUT2D eigenvalue weighted by molar-refractivity contribution is 5.86. The van der Waals surface area contributed by atoms with Gasteiger partial charge in [-0.3, -0.25) is 9.78 Å². The summed E-state index contributed by atoms with van der Waals surface area (Å²) in [4.78, 5) is 29.7. The third-order valence-electron chi connectivity index (χ3n) is 8.56. The number of methoxy groups -OCH3 is 1. The lowest BCUT2D eigenvalue weighted by Crippen LogP contribution is -2.08. The van der Waals surface area contributed by atoms with Crippen molar-refractivity contribution in [2.75, 3.05) is 7.11 Å². The smallest absolute Gasteiger partial charge is 0.305 e. The maximum Gasteiger partial charge on any atom is 0.305 e. The van der Waals surface area contributed by atoms with Crippen LogP contribution in [-0.4, -0.2) is 33.0 Å². The number of fused-ring (bicyclic) bond motifs is 8. The van der Waals surface area contributed by atoms with Gasteiger partial charge in [-0.25, -0.2) is 4.98 Å². The number of aromatic amines is 2. The van der Waals surface area contributed by atoms with E-state index in [1.54, 1.807) is 0 Å². The molecule has 0 amide bonds. The van der Waals surface area contributed by atoms with E-state index in [1.807, 2.05) is 6.08 Å². The van der Waals surface area contributed by atoms with Gasteiger partial charge < -0.3 is 14.7 Å². The van der Waals surface area contributed by atoms with Gasteiger partial charge in [0.05, 0.1) is 18.5 Å². The molecule has 3 aromatic heterocycles. The zero-order valence-corrected chi connectivity index (χ0v) is 24.1. The first-order chi connectivity index (χ1) is 18.7. The van der Waals surface area contributed by atoms with Crippen molar-refractivity contribution >= 4 is 45.8 Å². The highest BCUT2D eigenvalue weighted by Crippen LogP contribution is 2.42. The number of nitrogens with zero attached hydrogens (tertiary/aromatic N) is 2. The average Bonchev–Trinajstić information content (AvgIpc) is 3.61. The Balaban J connectivity index is 1.89. The predicted octanol–water partition coefficient (Wildman–Crippen LogP) is 7.85. The molecule has 2 atom stereocenters. The summed E-state index contributed by atoms with van der Waals surface area (Å²) in [5.74, 6) is 0.0347. The number of carbonyl (C=O) groups is 1. The number of esters is 1. The first-order valence-electron chi connectivity index (χ1n) is 13.8. The normalized spacial score (nSPS) is 16.7. The molecule has 8 bridgehead atoms. The first-order valence-corrected chi connectivity index (χ1v) is 13.8. The van der Waals surface area contributed by atoms with Crippen LogP contribution in [0.5, 0.6) is 0 Å². The molecule has 5 heterocycles. The second-order valence-electron chi connectivity index (χ2n) is 10.8. The molecule has 0 saturated carbocycles. The molecule has 2 aliphatic rings. The molecule has 0 saturated heterocycles. The molecule has 6 nitrogen and oxygen atoms in total. The standard InChI is InChI=1S/C33H38N4O2/c1-9-22-19(5)28-16-31-23(10-2)18(4)27(35-31)15-29-20(6)24(11-12-32(38)39-8)33(37-29)21(7)26-13-17(3)25(34-26)14-30(22)36-28/h10,13-16,20,24,35-36H,2,9,11-12H2,1,3-8H3. The summed E-state index contributed by atoms with van der Waals surface area (Å²) in [6, 6.07) is 6.51. The number of aromatic nitrogens is 4. The summed E-state index contributed by atoms with van der Waals surface area (Å²) in [5, 5.41) is 0. The number of allylic oxidation sites excluding steroid dienone is 1. The largest absolute Gasteiger partial charge is 0.469 e. The summed E-state index contributed by atoms with van der Waals surface area (Å²) in [6.07, 6.45) is 6.02. The van der Waals surface area contributed by atoms with Gasteiger partial charge >= 0.3 is 5.97 Å². The topological polar surface area (TPSA) is 83.7 Å². The van der Waals surface area contributed by atoms with Crippen LogP contribution >= 0.6 is 0 Å². The van der Waals surface area contributed by atoms with Gasteiger partial charge in [0.1, 0.15) is 0 Å². The van der Waals surface area contributed by atoms with Gasteiger partial charge in [-0.15, -0.1) is 0 Å². The second-order valence-corrected chi connectivity index (χ2v) is 10.8. The molecule has 2 unspecified atom stereocenters. The Hall–Kier alpha value is -3.93. The van der Waals surface area contributed by atoms with Crippen LogP contribution in [0.25, 0.3) is 39.8 Å². The van der Waals surface area contributed by atoms with Gasteiger partial charge in [0.25, 0.3) is 0 Å². The van der Waals surface area contributed by atoms with E-state index in [9.17, 15) is 4.79 Å². The second kappa shape index (κ2) is 10.3. The molecule has 0 radical (unpaired) electrons. The van der Waals surface area contributed by atoms with Crippen molar-refractivity contribution in [3.05, 3.63) is 75.4 Å². The van der Waals surface area contributed by atoms with Gasteiger partial charge in [0.2, 0.25) is 0 Å². The van der Waals surface area contributed by atoms with Gasteiger partial charge in [0, 0.05) is 57.3 Å². The van der Waals surface area contributed by atoms with Crippen molar-refractivity contribution in [2.24, 2.45) is 0 Å². The number of nitrogens with one attached hydrogen (secondary N) is 2. The number of aryl methyl sites for hydroxylation is 3. The minimum atomic E-state index is -0.197. The number of carbonyl (C=O) groups excluding carboxylic acids is 1. The Morgan fingerprint density at radius 3 is 2.41 bits per heavy atom. The Bertz CT molecular complexity index is 1690. The molecule has 202 valence electrons. The zero-order chi connectivity index (χ0) is 28.0. The summed E-state index contributed by atoms with van der Waals surface area (Å²) in [6.45, 7) is 17.0. The van der Waals surface area contributed by atoms with Crippen molar-refractivity contribution in [1.82, 2.24) is 19.9 Å². The number of H-pyrrole nitrogens is 2. The third-order valence-corrected chi connectivity index (χ3v) is 8.56. The van der Waals surface area contributed by atoms with Crippen LogP contribution in [0, 0.1) is 20.8 Å². The van der Waals surface area contributed by atoms with Crippen LogP contribution in [0.15, 0.2) is 24.8 Å². The molecule has 3 aromatic rings. The lowest BCUT2D eigenvalue weighted by atomic mass is 9.86. The first kappa shape index (κ1) is 26.7. The Labute approximate surface area is 230 Å². The Morgan fingerprint density at radius 2 is 1.72 bits per heavy atom. The summed E-state index contributed by atoms with van der Waals surface area (Å²) >= 11 is 0. The van der Waals surface area contributed by atoms with Gasteiger partial charge in [-0.05, 0) is 92.6 Å². The lowest BCUT2D eigenvalue weighted by Gasteiger charge is -2.16. The van der Waals surface area contributed by atoms with Crippen molar-refractivity contribution in [3.63, 3.8) is 0 Å². The molecule has 2 aliphatic heterocycles. The molecule has 0 aliphatic carbocycles. The van der Waals surface area contributed by atoms with E-state index >= 15 is 0 Å². The predicted molar refractivity (Wildman–Crippen MR) is 161 cm³/mol. The molecular formula is C33H38N4O2. The molecule has 39 heavy (non-hydrogen) atoms. The zero-order valence-electron chi connectivity index (χ0n) is 24.1. The summed E-state index contributed by atoms with van der Waals surface area (Å²) in [5.41, 5.74) is 15.0. The minimum absolute atomic E-state index is 0.0931. The lowest BCUT2D eigenvalue weighted by molar-refractivity contribution is -0.140. The molecule has 0 fully saturated rings. The van der Waals surface area contributed by atoms with Gasteiger partial charge in [0.15, 0.2) is 0 Å². The monoisotopic (exact) mass is 522 g/mol. The van der Waals surface area contributed by atoms with Crippen LogP contribution in [0.1, 0.15) is 96.0 Å². The van der Waals surface area contributed by atoms with E-state index in [-0.39, 0.29) is 17.8 Å². The number of rotatable bonds is 5. The summed E-state index contributed by atoms with van der Waals surface area (Å²) < 4.78 is 4.96. The number of ether oxygens (including phenoxy) is 1. The molecule has 5 rings (SSSR count). The maximum atomic E-state index is 12.1. The van der Waals surface area contributed by atoms with E-state index in [2.05, 4.69) is 82.4 Å². The van der Waals surface area contributed by atoms with Gasteiger partial charge in [-0.2, -0.15) is 0 Å². The van der Waals surface area contributed by atoms with E-state index in [1.165, 1.54) is 18.2 Å². The van der Waals surface area contributed by atoms with Crippen LogP contribution in [-0.2, 0) is 16.0 Å². The van der Waals surface area contributed by atoms with Crippen molar-refractivity contribution < 1.29 is 9.53 Å².